The fraction of sp³-hybridized carbons (Fsp3) is 0.417. The van der Waals surface area contributed by atoms with Gasteiger partial charge in [-0.15, -0.1) is 0 Å². The normalized spacial score (nSPS) is 10.5. The largest absolute Gasteiger partial charge is 0.466 e. The number of ether oxygens (including phenoxy) is 1. The predicted molar refractivity (Wildman–Crippen MR) is 68.2 cm³/mol. The summed E-state index contributed by atoms with van der Waals surface area (Å²) in [5.41, 5.74) is 2.65. The monoisotopic (exact) mass is 248 g/mol. The first-order chi connectivity index (χ1) is 8.81. The van der Waals surface area contributed by atoms with Crippen molar-refractivity contribution >= 4 is 22.7 Å². The Balaban J connectivity index is 1.83. The van der Waals surface area contributed by atoms with Crippen LogP contribution in [0, 0.1) is 0 Å². The van der Waals surface area contributed by atoms with Gasteiger partial charge in [0.05, 0.1) is 18.5 Å². The molecule has 0 aliphatic carbocycles. The number of hydrogen-bond donors (Lipinski definition) is 2. The second-order valence-electron chi connectivity index (χ2n) is 3.82. The molecule has 0 saturated heterocycles. The van der Waals surface area contributed by atoms with Crippen molar-refractivity contribution in [2.45, 2.75) is 19.8 Å². The predicted octanol–water partition coefficient (Wildman–Crippen LogP) is 1.71. The van der Waals surface area contributed by atoms with E-state index < -0.39 is 0 Å². The van der Waals surface area contributed by atoms with E-state index in [2.05, 4.69) is 20.5 Å². The lowest BCUT2D eigenvalue weighted by atomic mass is 10.3. The minimum Gasteiger partial charge on any atom is -0.466 e. The fourth-order valence-corrected chi connectivity index (χ4v) is 1.69. The van der Waals surface area contributed by atoms with E-state index in [1.165, 1.54) is 0 Å². The Morgan fingerprint density at radius 1 is 1.56 bits per heavy atom. The van der Waals surface area contributed by atoms with Crippen molar-refractivity contribution in [1.29, 1.82) is 0 Å². The van der Waals surface area contributed by atoms with Gasteiger partial charge in [-0.25, -0.2) is 0 Å². The molecule has 2 aromatic heterocycles. The molecule has 0 aromatic carbocycles. The highest BCUT2D eigenvalue weighted by atomic mass is 16.5. The van der Waals surface area contributed by atoms with E-state index >= 15 is 0 Å². The Morgan fingerprint density at radius 3 is 3.28 bits per heavy atom. The van der Waals surface area contributed by atoms with Gasteiger partial charge in [0.1, 0.15) is 11.0 Å². The first-order valence-corrected chi connectivity index (χ1v) is 5.99. The van der Waals surface area contributed by atoms with Crippen molar-refractivity contribution in [2.24, 2.45) is 0 Å². The maximum atomic E-state index is 11.1. The van der Waals surface area contributed by atoms with Gasteiger partial charge in [-0.05, 0) is 19.4 Å². The second kappa shape index (κ2) is 6.00. The minimum atomic E-state index is -0.152. The number of H-pyrrole nitrogens is 1. The Kier molecular flexibility index (Phi) is 4.11. The molecule has 6 heteroatoms. The van der Waals surface area contributed by atoms with Gasteiger partial charge in [0, 0.05) is 19.2 Å². The molecular formula is C12H16N4O2. The van der Waals surface area contributed by atoms with E-state index in [-0.39, 0.29) is 5.97 Å². The highest BCUT2D eigenvalue weighted by molar-refractivity contribution is 5.86. The summed E-state index contributed by atoms with van der Waals surface area (Å²) in [6.07, 6.45) is 4.57. The minimum absolute atomic E-state index is 0.152. The van der Waals surface area contributed by atoms with E-state index in [1.807, 2.05) is 13.0 Å². The SMILES string of the molecule is CCOC(=O)CCCNc1ccnc2cn[nH]c12. The number of rotatable bonds is 6. The summed E-state index contributed by atoms with van der Waals surface area (Å²) in [5.74, 6) is -0.152. The van der Waals surface area contributed by atoms with Gasteiger partial charge in [-0.2, -0.15) is 5.10 Å². The molecule has 2 N–H and O–H groups in total. The standard InChI is InChI=1S/C12H16N4O2/c1-2-18-11(17)4-3-6-13-9-5-7-14-10-8-15-16-12(9)10/h5,7-8H,2-4,6H2,1H3,(H,13,14)(H,15,16). The van der Waals surface area contributed by atoms with Crippen molar-refractivity contribution in [3.05, 3.63) is 18.5 Å². The molecule has 6 nitrogen and oxygen atoms in total. The molecule has 0 spiro atoms. The highest BCUT2D eigenvalue weighted by Crippen LogP contribution is 2.17. The van der Waals surface area contributed by atoms with Crippen LogP contribution in [-0.2, 0) is 9.53 Å². The van der Waals surface area contributed by atoms with Crippen LogP contribution in [0.4, 0.5) is 5.69 Å². The van der Waals surface area contributed by atoms with E-state index in [1.54, 1.807) is 12.4 Å². The maximum Gasteiger partial charge on any atom is 0.305 e. The Morgan fingerprint density at radius 2 is 2.44 bits per heavy atom. The molecule has 0 aliphatic heterocycles. The number of fused-ring (bicyclic) bond motifs is 1. The smallest absolute Gasteiger partial charge is 0.305 e. The average Bonchev–Trinajstić information content (AvgIpc) is 2.84. The molecule has 0 amide bonds. The maximum absolute atomic E-state index is 11.1. The number of carbonyl (C=O) groups is 1. The van der Waals surface area contributed by atoms with E-state index in [0.717, 1.165) is 23.1 Å². The molecular weight excluding hydrogens is 232 g/mol. The molecule has 0 aliphatic rings. The third-order valence-corrected chi connectivity index (χ3v) is 2.52. The first kappa shape index (κ1) is 12.3. The molecule has 0 saturated carbocycles. The van der Waals surface area contributed by atoms with Gasteiger partial charge in [-0.1, -0.05) is 0 Å². The van der Waals surface area contributed by atoms with Crippen molar-refractivity contribution in [3.63, 3.8) is 0 Å². The van der Waals surface area contributed by atoms with Crippen LogP contribution in [0.5, 0.6) is 0 Å². The van der Waals surface area contributed by atoms with Crippen LogP contribution < -0.4 is 5.32 Å². The van der Waals surface area contributed by atoms with Crippen molar-refractivity contribution in [3.8, 4) is 0 Å². The number of aromatic amines is 1. The molecule has 2 heterocycles. The van der Waals surface area contributed by atoms with Gasteiger partial charge < -0.3 is 10.1 Å². The third kappa shape index (κ3) is 2.97. The molecule has 0 fully saturated rings. The highest BCUT2D eigenvalue weighted by Gasteiger charge is 2.04. The van der Waals surface area contributed by atoms with Crippen LogP contribution >= 0.6 is 0 Å². The Hall–Kier alpha value is -2.11. The second-order valence-corrected chi connectivity index (χ2v) is 3.82. The van der Waals surface area contributed by atoms with Crippen LogP contribution in [0.15, 0.2) is 18.5 Å². The number of hydrogen-bond acceptors (Lipinski definition) is 5. The van der Waals surface area contributed by atoms with Gasteiger partial charge in [0.25, 0.3) is 0 Å². The van der Waals surface area contributed by atoms with Crippen molar-refractivity contribution < 1.29 is 9.53 Å². The molecule has 2 rings (SSSR count). The van der Waals surface area contributed by atoms with Crippen LogP contribution in [0.25, 0.3) is 11.0 Å². The van der Waals surface area contributed by atoms with Gasteiger partial charge in [0.15, 0.2) is 0 Å². The molecule has 0 atom stereocenters. The van der Waals surface area contributed by atoms with Crippen LogP contribution in [0.3, 0.4) is 0 Å². The number of nitrogens with zero attached hydrogens (tertiary/aromatic N) is 2. The van der Waals surface area contributed by atoms with Crippen LogP contribution in [-0.4, -0.2) is 34.3 Å². The lowest BCUT2D eigenvalue weighted by Gasteiger charge is -2.06. The van der Waals surface area contributed by atoms with Gasteiger partial charge in [-0.3, -0.25) is 14.9 Å². The summed E-state index contributed by atoms with van der Waals surface area (Å²) >= 11 is 0. The zero-order chi connectivity index (χ0) is 12.8. The lowest BCUT2D eigenvalue weighted by Crippen LogP contribution is -2.08. The van der Waals surface area contributed by atoms with E-state index in [9.17, 15) is 4.79 Å². The summed E-state index contributed by atoms with van der Waals surface area (Å²) in [4.78, 5) is 15.3. The molecule has 0 bridgehead atoms. The first-order valence-electron chi connectivity index (χ1n) is 5.99. The van der Waals surface area contributed by atoms with E-state index in [4.69, 9.17) is 4.74 Å². The zero-order valence-corrected chi connectivity index (χ0v) is 10.3. The number of nitrogens with one attached hydrogen (secondary N) is 2. The summed E-state index contributed by atoms with van der Waals surface area (Å²) in [6, 6.07) is 1.88. The number of esters is 1. The van der Waals surface area contributed by atoms with E-state index in [0.29, 0.717) is 19.6 Å². The van der Waals surface area contributed by atoms with Gasteiger partial charge in [0.2, 0.25) is 0 Å². The number of pyridine rings is 1. The number of aromatic nitrogens is 3. The zero-order valence-electron chi connectivity index (χ0n) is 10.3. The third-order valence-electron chi connectivity index (χ3n) is 2.52. The summed E-state index contributed by atoms with van der Waals surface area (Å²) in [5, 5.41) is 10.1. The summed E-state index contributed by atoms with van der Waals surface area (Å²) in [7, 11) is 0. The lowest BCUT2D eigenvalue weighted by molar-refractivity contribution is -0.143. The van der Waals surface area contributed by atoms with Crippen molar-refractivity contribution in [1.82, 2.24) is 15.2 Å². The molecule has 0 radical (unpaired) electrons. The summed E-state index contributed by atoms with van der Waals surface area (Å²) < 4.78 is 4.86. The fourth-order valence-electron chi connectivity index (χ4n) is 1.69. The molecule has 0 unspecified atom stereocenters. The van der Waals surface area contributed by atoms with Crippen molar-refractivity contribution in [2.75, 3.05) is 18.5 Å². The summed E-state index contributed by atoms with van der Waals surface area (Å²) in [6.45, 7) is 2.95. The molecule has 2 aromatic rings. The number of carbonyl (C=O) groups excluding carboxylic acids is 1. The molecule has 96 valence electrons. The molecule has 18 heavy (non-hydrogen) atoms. The topological polar surface area (TPSA) is 79.9 Å². The van der Waals surface area contributed by atoms with Gasteiger partial charge >= 0.3 is 5.97 Å². The average molecular weight is 248 g/mol. The Bertz CT molecular complexity index is 524. The van der Waals surface area contributed by atoms with Crippen LogP contribution in [0.1, 0.15) is 19.8 Å². The number of anilines is 1. The van der Waals surface area contributed by atoms with Crippen LogP contribution in [0.2, 0.25) is 0 Å². The quantitative estimate of drug-likeness (QED) is 0.601. The Labute approximate surface area is 105 Å².